The minimum absolute atomic E-state index is 0.119. The topological polar surface area (TPSA) is 114 Å². The van der Waals surface area contributed by atoms with E-state index in [4.69, 9.17) is 29.3 Å². The quantitative estimate of drug-likeness (QED) is 0.548. The third kappa shape index (κ3) is 11.0. The molecule has 2 aliphatic rings. The van der Waals surface area contributed by atoms with Gasteiger partial charge in [0.1, 0.15) is 6.10 Å². The summed E-state index contributed by atoms with van der Waals surface area (Å²) in [7, 11) is 0. The van der Waals surface area contributed by atoms with E-state index in [-0.39, 0.29) is 6.10 Å². The molecule has 9 nitrogen and oxygen atoms in total. The molecule has 0 aliphatic carbocycles. The smallest absolute Gasteiger partial charge is 0.475 e. The second kappa shape index (κ2) is 14.0. The molecule has 4 rings (SSSR count). The summed E-state index contributed by atoms with van der Waals surface area (Å²) in [5, 5.41) is 14.2. The Kier molecular flexibility index (Phi) is 11.4. The molecule has 2 N–H and O–H groups in total. The fraction of sp³-hybridized carbons (Fsp3) is 0.522. The molecular weight excluding hydrogens is 528 g/mol. The van der Waals surface area contributed by atoms with Gasteiger partial charge in [-0.2, -0.15) is 26.3 Å². The van der Waals surface area contributed by atoms with E-state index in [0.29, 0.717) is 5.88 Å². The molecule has 0 amide bonds. The predicted molar refractivity (Wildman–Crippen MR) is 119 cm³/mol. The summed E-state index contributed by atoms with van der Waals surface area (Å²) >= 11 is 0. The summed E-state index contributed by atoms with van der Waals surface area (Å²) in [6, 6.07) is 10.2. The van der Waals surface area contributed by atoms with Crippen molar-refractivity contribution in [1.29, 1.82) is 0 Å². The van der Waals surface area contributed by atoms with Crippen LogP contribution in [-0.4, -0.2) is 81.4 Å². The molecule has 0 radical (unpaired) electrons. The maximum Gasteiger partial charge on any atom is 0.490 e. The maximum atomic E-state index is 10.6. The van der Waals surface area contributed by atoms with Gasteiger partial charge in [-0.15, -0.1) is 0 Å². The molecule has 2 aliphatic heterocycles. The lowest BCUT2D eigenvalue weighted by atomic mass is 9.99. The van der Waals surface area contributed by atoms with Crippen molar-refractivity contribution < 1.29 is 55.6 Å². The van der Waals surface area contributed by atoms with Crippen LogP contribution in [0.4, 0.5) is 26.3 Å². The number of carbonyl (C=O) groups is 2. The number of pyridine rings is 1. The molecular formula is C23H27F6N3O6. The van der Waals surface area contributed by atoms with Crippen LogP contribution in [0.5, 0.6) is 5.88 Å². The third-order valence-electron chi connectivity index (χ3n) is 5.44. The molecule has 15 heteroatoms. The Labute approximate surface area is 213 Å². The van der Waals surface area contributed by atoms with Gasteiger partial charge in [-0.3, -0.25) is 4.90 Å². The van der Waals surface area contributed by atoms with E-state index in [9.17, 15) is 26.3 Å². The fourth-order valence-corrected chi connectivity index (χ4v) is 3.73. The zero-order valence-electron chi connectivity index (χ0n) is 20.0. The molecule has 212 valence electrons. The molecule has 1 atom stereocenters. The van der Waals surface area contributed by atoms with E-state index in [2.05, 4.69) is 32.8 Å². The van der Waals surface area contributed by atoms with Gasteiger partial charge in [0, 0.05) is 57.0 Å². The monoisotopic (exact) mass is 555 g/mol. The van der Waals surface area contributed by atoms with Gasteiger partial charge >= 0.3 is 24.3 Å². The van der Waals surface area contributed by atoms with E-state index in [1.54, 1.807) is 6.20 Å². The van der Waals surface area contributed by atoms with E-state index in [1.807, 2.05) is 18.2 Å². The van der Waals surface area contributed by atoms with Crippen LogP contribution in [0.15, 0.2) is 42.7 Å². The molecule has 0 bridgehead atoms. The number of aromatic nitrogens is 2. The minimum atomic E-state index is -5.08. The number of alkyl halides is 6. The van der Waals surface area contributed by atoms with Gasteiger partial charge in [0.15, 0.2) is 0 Å². The summed E-state index contributed by atoms with van der Waals surface area (Å²) < 4.78 is 77.5. The van der Waals surface area contributed by atoms with E-state index in [0.717, 1.165) is 45.3 Å². The normalized spacial score (nSPS) is 18.5. The highest BCUT2D eigenvalue weighted by Gasteiger charge is 2.38. The number of carboxylic acid groups (broad SMARTS) is 2. The summed E-state index contributed by atoms with van der Waals surface area (Å²) in [5.41, 5.74) is 1.37. The van der Waals surface area contributed by atoms with Gasteiger partial charge in [0.2, 0.25) is 5.88 Å². The lowest BCUT2D eigenvalue weighted by Crippen LogP contribution is -2.38. The molecule has 4 heterocycles. The third-order valence-corrected chi connectivity index (χ3v) is 5.44. The molecule has 1 unspecified atom stereocenters. The minimum Gasteiger partial charge on any atom is -0.475 e. The molecule has 2 aromatic rings. The molecule has 2 aromatic heterocycles. The zero-order chi connectivity index (χ0) is 28.3. The summed E-state index contributed by atoms with van der Waals surface area (Å²) in [6.07, 6.45) is -3.77. The van der Waals surface area contributed by atoms with Gasteiger partial charge in [0.05, 0.1) is 6.54 Å². The van der Waals surface area contributed by atoms with Crippen molar-refractivity contribution in [2.45, 2.75) is 44.4 Å². The van der Waals surface area contributed by atoms with Crippen molar-refractivity contribution >= 4 is 11.9 Å². The SMILES string of the molecule is O=C(O)C(F)(F)F.O=C(O)C(F)(F)F.c1ccc(OC2CN(CC3CCOCC3)Cc3cccn3C2)nc1. The first kappa shape index (κ1) is 30.9. The van der Waals surface area contributed by atoms with Crippen LogP contribution < -0.4 is 4.74 Å². The van der Waals surface area contributed by atoms with Crippen LogP contribution in [0.25, 0.3) is 0 Å². The zero-order valence-corrected chi connectivity index (χ0v) is 20.0. The Balaban J connectivity index is 0.000000301. The van der Waals surface area contributed by atoms with Crippen LogP contribution in [0.2, 0.25) is 0 Å². The molecule has 1 fully saturated rings. The van der Waals surface area contributed by atoms with Crippen molar-refractivity contribution in [1.82, 2.24) is 14.5 Å². The fourth-order valence-electron chi connectivity index (χ4n) is 3.73. The number of hydrogen-bond acceptors (Lipinski definition) is 6. The van der Waals surface area contributed by atoms with Crippen molar-refractivity contribution in [2.75, 3.05) is 26.3 Å². The summed E-state index contributed by atoms with van der Waals surface area (Å²) in [5.74, 6) is -4.07. The number of hydrogen-bond donors (Lipinski definition) is 2. The van der Waals surface area contributed by atoms with Crippen LogP contribution in [0, 0.1) is 5.92 Å². The highest BCUT2D eigenvalue weighted by molar-refractivity contribution is 5.73. The van der Waals surface area contributed by atoms with Gasteiger partial charge < -0.3 is 24.3 Å². The number of nitrogens with zero attached hydrogens (tertiary/aromatic N) is 3. The van der Waals surface area contributed by atoms with Gasteiger partial charge in [-0.1, -0.05) is 6.07 Å². The van der Waals surface area contributed by atoms with E-state index >= 15 is 0 Å². The largest absolute Gasteiger partial charge is 0.490 e. The Morgan fingerprint density at radius 3 is 2.11 bits per heavy atom. The predicted octanol–water partition coefficient (Wildman–Crippen LogP) is 3.84. The highest BCUT2D eigenvalue weighted by Crippen LogP contribution is 2.22. The Bertz CT molecular complexity index is 985. The Morgan fingerprint density at radius 2 is 1.58 bits per heavy atom. The van der Waals surface area contributed by atoms with E-state index in [1.165, 1.54) is 18.5 Å². The number of carboxylic acids is 2. The van der Waals surface area contributed by atoms with Crippen molar-refractivity contribution in [2.24, 2.45) is 5.92 Å². The van der Waals surface area contributed by atoms with Crippen LogP contribution >= 0.6 is 0 Å². The first-order valence-corrected chi connectivity index (χ1v) is 11.4. The highest BCUT2D eigenvalue weighted by atomic mass is 19.4. The average Bonchev–Trinajstić information content (AvgIpc) is 3.19. The van der Waals surface area contributed by atoms with Crippen LogP contribution in [0.3, 0.4) is 0 Å². The lowest BCUT2D eigenvalue weighted by molar-refractivity contribution is -0.193. The van der Waals surface area contributed by atoms with Crippen molar-refractivity contribution in [3.8, 4) is 5.88 Å². The molecule has 1 saturated heterocycles. The van der Waals surface area contributed by atoms with Crippen LogP contribution in [0.1, 0.15) is 18.5 Å². The number of aliphatic carboxylic acids is 2. The number of fused-ring (bicyclic) bond motifs is 1. The first-order valence-electron chi connectivity index (χ1n) is 11.4. The Morgan fingerprint density at radius 1 is 0.974 bits per heavy atom. The second-order valence-electron chi connectivity index (χ2n) is 8.42. The van der Waals surface area contributed by atoms with Gasteiger partial charge in [-0.25, -0.2) is 14.6 Å². The summed E-state index contributed by atoms with van der Waals surface area (Å²) in [4.78, 5) is 24.7. The molecule has 0 aromatic carbocycles. The van der Waals surface area contributed by atoms with E-state index < -0.39 is 24.3 Å². The molecule has 0 saturated carbocycles. The Hall–Kier alpha value is -3.33. The standard InChI is InChI=1S/C19H25N3O2.2C2HF3O2/c1-2-8-20-19(5-1)24-18-14-21(12-16-6-10-23-11-7-16)13-17-4-3-9-22(17)15-18;2*3-2(4,5)1(6)7/h1-5,8-9,16,18H,6-7,10-15H2;2*(H,6,7). The second-order valence-corrected chi connectivity index (χ2v) is 8.42. The van der Waals surface area contributed by atoms with Gasteiger partial charge in [-0.05, 0) is 37.0 Å². The maximum absolute atomic E-state index is 10.6. The van der Waals surface area contributed by atoms with Crippen molar-refractivity contribution in [3.63, 3.8) is 0 Å². The number of ether oxygens (including phenoxy) is 2. The number of halogens is 6. The lowest BCUT2D eigenvalue weighted by Gasteiger charge is -2.30. The van der Waals surface area contributed by atoms with Gasteiger partial charge in [0.25, 0.3) is 0 Å². The molecule has 38 heavy (non-hydrogen) atoms. The molecule has 0 spiro atoms. The van der Waals surface area contributed by atoms with Crippen LogP contribution in [-0.2, 0) is 27.4 Å². The number of rotatable bonds is 4. The first-order chi connectivity index (χ1) is 17.8. The average molecular weight is 555 g/mol. The summed E-state index contributed by atoms with van der Waals surface area (Å²) in [6.45, 7) is 5.74. The van der Waals surface area contributed by atoms with Crippen molar-refractivity contribution in [3.05, 3.63) is 48.4 Å².